The number of hydrogen-bond donors (Lipinski definition) is 0. The highest BCUT2D eigenvalue weighted by atomic mass is 79.9. The number of nitrogens with zero attached hydrogens (tertiary/aromatic N) is 1. The molecule has 0 N–H and O–H groups in total. The molecule has 3 rings (SSSR count). The lowest BCUT2D eigenvalue weighted by Crippen LogP contribution is -2.19. The van der Waals surface area contributed by atoms with Gasteiger partial charge in [0.2, 0.25) is 0 Å². The van der Waals surface area contributed by atoms with E-state index in [2.05, 4.69) is 15.9 Å². The van der Waals surface area contributed by atoms with Crippen LogP contribution >= 0.6 is 27.5 Å². The summed E-state index contributed by atoms with van der Waals surface area (Å²) in [5.41, 5.74) is 1.01. The summed E-state index contributed by atoms with van der Waals surface area (Å²) in [5, 5.41) is 2.34. The van der Waals surface area contributed by atoms with Gasteiger partial charge in [-0.05, 0) is 41.3 Å². The molecule has 0 aliphatic rings. The van der Waals surface area contributed by atoms with Crippen LogP contribution < -0.4 is 5.56 Å². The summed E-state index contributed by atoms with van der Waals surface area (Å²) in [4.78, 5) is 12.5. The molecule has 0 fully saturated rings. The van der Waals surface area contributed by atoms with Gasteiger partial charge in [0.25, 0.3) is 5.56 Å². The molecule has 0 saturated heterocycles. The summed E-state index contributed by atoms with van der Waals surface area (Å²) in [7, 11) is 0. The van der Waals surface area contributed by atoms with Crippen molar-refractivity contribution in [2.75, 3.05) is 0 Å². The van der Waals surface area contributed by atoms with Crippen LogP contribution in [0.15, 0.2) is 64.0 Å². The van der Waals surface area contributed by atoms with Gasteiger partial charge in [-0.25, -0.2) is 0 Å². The van der Waals surface area contributed by atoms with E-state index < -0.39 is 0 Å². The lowest BCUT2D eigenvalue weighted by Gasteiger charge is -2.08. The van der Waals surface area contributed by atoms with Crippen molar-refractivity contribution in [3.8, 4) is 0 Å². The predicted molar refractivity (Wildman–Crippen MR) is 86.5 cm³/mol. The molecule has 0 spiro atoms. The lowest BCUT2D eigenvalue weighted by atomic mass is 10.1. The van der Waals surface area contributed by atoms with E-state index in [4.69, 9.17) is 11.6 Å². The third kappa shape index (κ3) is 2.65. The summed E-state index contributed by atoms with van der Waals surface area (Å²) < 4.78 is 2.60. The van der Waals surface area contributed by atoms with Gasteiger partial charge >= 0.3 is 0 Å². The van der Waals surface area contributed by atoms with Crippen LogP contribution in [0, 0.1) is 0 Å². The highest BCUT2D eigenvalue weighted by Crippen LogP contribution is 2.17. The molecule has 0 aliphatic carbocycles. The maximum atomic E-state index is 12.5. The van der Waals surface area contributed by atoms with Crippen molar-refractivity contribution in [1.29, 1.82) is 0 Å². The molecule has 0 radical (unpaired) electrons. The summed E-state index contributed by atoms with van der Waals surface area (Å²) in [5.74, 6) is 0. The first kappa shape index (κ1) is 13.4. The Bertz CT molecular complexity index is 841. The summed E-state index contributed by atoms with van der Waals surface area (Å²) >= 11 is 9.38. The molecule has 2 nitrogen and oxygen atoms in total. The molecule has 0 unspecified atom stereocenters. The summed E-state index contributed by atoms with van der Waals surface area (Å²) in [6, 6.07) is 15.2. The van der Waals surface area contributed by atoms with Crippen LogP contribution in [0.5, 0.6) is 0 Å². The first-order valence-electron chi connectivity index (χ1n) is 6.17. The third-order valence-corrected chi connectivity index (χ3v) is 3.91. The topological polar surface area (TPSA) is 22.0 Å². The Hall–Kier alpha value is -1.58. The first-order chi connectivity index (χ1) is 9.63. The van der Waals surface area contributed by atoms with Crippen LogP contribution in [0.1, 0.15) is 5.56 Å². The Morgan fingerprint density at radius 3 is 2.75 bits per heavy atom. The second kappa shape index (κ2) is 5.43. The van der Waals surface area contributed by atoms with Crippen molar-refractivity contribution in [3.05, 3.63) is 80.1 Å². The maximum absolute atomic E-state index is 12.5. The molecular weight excluding hydrogens is 338 g/mol. The molecule has 0 amide bonds. The van der Waals surface area contributed by atoms with E-state index in [-0.39, 0.29) is 5.56 Å². The quantitative estimate of drug-likeness (QED) is 0.670. The molecule has 100 valence electrons. The molecule has 0 aliphatic heterocycles. The normalized spacial score (nSPS) is 10.9. The van der Waals surface area contributed by atoms with E-state index in [1.54, 1.807) is 4.57 Å². The Kier molecular flexibility index (Phi) is 3.64. The molecule has 4 heteroatoms. The van der Waals surface area contributed by atoms with E-state index in [1.807, 2.05) is 54.7 Å². The second-order valence-corrected chi connectivity index (χ2v) is 5.96. The minimum absolute atomic E-state index is 0.00350. The molecular formula is C16H11BrClNO. The van der Waals surface area contributed by atoms with E-state index in [1.165, 1.54) is 0 Å². The van der Waals surface area contributed by atoms with Crippen LogP contribution in [-0.2, 0) is 6.54 Å². The van der Waals surface area contributed by atoms with Gasteiger partial charge < -0.3 is 4.57 Å². The zero-order chi connectivity index (χ0) is 14.1. The highest BCUT2D eigenvalue weighted by Gasteiger charge is 2.04. The van der Waals surface area contributed by atoms with Crippen molar-refractivity contribution in [1.82, 2.24) is 4.57 Å². The van der Waals surface area contributed by atoms with Crippen molar-refractivity contribution in [2.45, 2.75) is 6.54 Å². The van der Waals surface area contributed by atoms with Crippen LogP contribution in [0.25, 0.3) is 10.8 Å². The fraction of sp³-hybridized carbons (Fsp3) is 0.0625. The van der Waals surface area contributed by atoms with Crippen LogP contribution in [0.4, 0.5) is 0 Å². The van der Waals surface area contributed by atoms with Crippen LogP contribution in [0.3, 0.4) is 0 Å². The molecule has 20 heavy (non-hydrogen) atoms. The second-order valence-electron chi connectivity index (χ2n) is 4.61. The number of pyridine rings is 1. The third-order valence-electron chi connectivity index (χ3n) is 3.18. The number of halogens is 2. The van der Waals surface area contributed by atoms with Gasteiger partial charge in [0.05, 0.1) is 6.54 Å². The van der Waals surface area contributed by atoms with E-state index in [9.17, 15) is 4.79 Å². The Balaban J connectivity index is 2.08. The number of aromatic nitrogens is 1. The summed E-state index contributed by atoms with van der Waals surface area (Å²) in [6.07, 6.45) is 1.82. The van der Waals surface area contributed by atoms with Gasteiger partial charge in [-0.15, -0.1) is 0 Å². The first-order valence-corrected chi connectivity index (χ1v) is 7.34. The summed E-state index contributed by atoms with van der Waals surface area (Å²) in [6.45, 7) is 0.516. The minimum Gasteiger partial charge on any atom is -0.311 e. The Labute approximate surface area is 129 Å². The zero-order valence-corrected chi connectivity index (χ0v) is 12.9. The van der Waals surface area contributed by atoms with Crippen LogP contribution in [0.2, 0.25) is 5.02 Å². The van der Waals surface area contributed by atoms with Gasteiger partial charge in [-0.3, -0.25) is 4.79 Å². The average molecular weight is 349 g/mol. The Morgan fingerprint density at radius 1 is 1.10 bits per heavy atom. The lowest BCUT2D eigenvalue weighted by molar-refractivity contribution is 0.768. The van der Waals surface area contributed by atoms with Gasteiger partial charge in [-0.2, -0.15) is 0 Å². The fourth-order valence-corrected chi connectivity index (χ4v) is 2.78. The fourth-order valence-electron chi connectivity index (χ4n) is 2.21. The van der Waals surface area contributed by atoms with Crippen molar-refractivity contribution < 1.29 is 0 Å². The molecule has 0 atom stereocenters. The SMILES string of the molecule is O=c1c2cc(Br)ccc2ccn1Cc1cccc(Cl)c1. The predicted octanol–water partition coefficient (Wildman–Crippen LogP) is 4.47. The smallest absolute Gasteiger partial charge is 0.258 e. The van der Waals surface area contributed by atoms with Gasteiger partial charge in [0.1, 0.15) is 0 Å². The zero-order valence-electron chi connectivity index (χ0n) is 10.5. The molecule has 3 aromatic rings. The molecule has 0 bridgehead atoms. The average Bonchev–Trinajstić information content (AvgIpc) is 2.43. The molecule has 2 aromatic carbocycles. The van der Waals surface area contributed by atoms with E-state index in [0.717, 1.165) is 15.4 Å². The highest BCUT2D eigenvalue weighted by molar-refractivity contribution is 9.10. The van der Waals surface area contributed by atoms with Gasteiger partial charge in [0, 0.05) is 21.1 Å². The molecule has 1 heterocycles. The minimum atomic E-state index is 0.00350. The van der Waals surface area contributed by atoms with Crippen molar-refractivity contribution in [3.63, 3.8) is 0 Å². The van der Waals surface area contributed by atoms with Crippen molar-refractivity contribution >= 4 is 38.3 Å². The maximum Gasteiger partial charge on any atom is 0.258 e. The van der Waals surface area contributed by atoms with Crippen molar-refractivity contribution in [2.24, 2.45) is 0 Å². The van der Waals surface area contributed by atoms with Gasteiger partial charge in [0.15, 0.2) is 0 Å². The standard InChI is InChI=1S/C16H11BrClNO/c17-13-5-4-12-6-7-19(16(20)15(12)9-13)10-11-2-1-3-14(18)8-11/h1-9H,10H2. The number of hydrogen-bond acceptors (Lipinski definition) is 1. The van der Waals surface area contributed by atoms with Crippen LogP contribution in [-0.4, -0.2) is 4.57 Å². The number of benzene rings is 2. The number of rotatable bonds is 2. The van der Waals surface area contributed by atoms with Gasteiger partial charge in [-0.1, -0.05) is 45.7 Å². The molecule has 0 saturated carbocycles. The number of fused-ring (bicyclic) bond motifs is 1. The Morgan fingerprint density at radius 2 is 1.95 bits per heavy atom. The monoisotopic (exact) mass is 347 g/mol. The molecule has 1 aromatic heterocycles. The largest absolute Gasteiger partial charge is 0.311 e. The van der Waals surface area contributed by atoms with E-state index >= 15 is 0 Å². The van der Waals surface area contributed by atoms with E-state index in [0.29, 0.717) is 17.0 Å².